The summed E-state index contributed by atoms with van der Waals surface area (Å²) in [5, 5.41) is 15.3. The number of nitrogens with one attached hydrogen (secondary N) is 2. The lowest BCUT2D eigenvalue weighted by molar-refractivity contribution is 0.388. The molecule has 0 spiro atoms. The summed E-state index contributed by atoms with van der Waals surface area (Å²) in [5.74, 6) is 0. The molecule has 2 atom stereocenters. The first-order valence-electron chi connectivity index (χ1n) is 16.6. The molecule has 4 N–H and O–H groups in total. The predicted octanol–water partition coefficient (Wildman–Crippen LogP) is 10.5. The third-order valence-corrected chi connectivity index (χ3v) is 9.45. The van der Waals surface area contributed by atoms with Crippen LogP contribution in [0.1, 0.15) is 29.0 Å². The monoisotopic (exact) mass is 619 g/mol. The zero-order chi connectivity index (χ0) is 32.3. The van der Waals surface area contributed by atoms with Crippen LogP contribution >= 0.6 is 0 Å². The molecule has 3 heteroatoms. The molecule has 0 radical (unpaired) electrons. The number of hydrogen-bond acceptors (Lipinski definition) is 3. The van der Waals surface area contributed by atoms with Crippen LogP contribution in [0.2, 0.25) is 0 Å². The lowest BCUT2D eigenvalue weighted by Crippen LogP contribution is -2.40. The van der Waals surface area contributed by atoms with E-state index in [4.69, 9.17) is 5.73 Å². The number of fused-ring (bicyclic) bond motifs is 4. The SMILES string of the molecule is NC(NC(NCc1c2ccccc2cc2c1ccc1ccccc12)c1ccccc1-c1ccccc1)c1ccccc1-c1ccccc1. The lowest BCUT2D eigenvalue weighted by atomic mass is 9.93. The first-order valence-corrected chi connectivity index (χ1v) is 16.6. The second-order valence-electron chi connectivity index (χ2n) is 12.3. The van der Waals surface area contributed by atoms with E-state index in [0.29, 0.717) is 6.54 Å². The van der Waals surface area contributed by atoms with E-state index in [1.807, 2.05) is 6.07 Å². The second-order valence-corrected chi connectivity index (χ2v) is 12.3. The first kappa shape index (κ1) is 29.8. The molecular weight excluding hydrogens is 583 g/mol. The maximum Gasteiger partial charge on any atom is 0.0858 e. The summed E-state index contributed by atoms with van der Waals surface area (Å²) in [4.78, 5) is 0. The summed E-state index contributed by atoms with van der Waals surface area (Å²) in [7, 11) is 0. The summed E-state index contributed by atoms with van der Waals surface area (Å²) in [6.45, 7) is 0.643. The van der Waals surface area contributed by atoms with Gasteiger partial charge in [-0.25, -0.2) is 0 Å². The highest BCUT2D eigenvalue weighted by Crippen LogP contribution is 2.35. The van der Waals surface area contributed by atoms with Gasteiger partial charge < -0.3 is 5.73 Å². The average molecular weight is 620 g/mol. The van der Waals surface area contributed by atoms with Gasteiger partial charge in [0.2, 0.25) is 0 Å². The van der Waals surface area contributed by atoms with Crippen molar-refractivity contribution >= 4 is 32.3 Å². The molecule has 0 aliphatic rings. The molecule has 3 nitrogen and oxygen atoms in total. The quantitative estimate of drug-likeness (QED) is 0.0856. The topological polar surface area (TPSA) is 50.1 Å². The highest BCUT2D eigenvalue weighted by atomic mass is 15.2. The molecule has 8 aromatic carbocycles. The minimum absolute atomic E-state index is 0.255. The fourth-order valence-corrected chi connectivity index (χ4v) is 7.11. The van der Waals surface area contributed by atoms with Gasteiger partial charge in [0.25, 0.3) is 0 Å². The second kappa shape index (κ2) is 13.3. The Balaban J connectivity index is 1.23. The van der Waals surface area contributed by atoms with Crippen LogP contribution in [0.4, 0.5) is 0 Å². The van der Waals surface area contributed by atoms with Crippen LogP contribution in [0.3, 0.4) is 0 Å². The van der Waals surface area contributed by atoms with Gasteiger partial charge in [0.05, 0.1) is 12.3 Å². The summed E-state index contributed by atoms with van der Waals surface area (Å²) in [6.07, 6.45) is -0.689. The largest absolute Gasteiger partial charge is 0.312 e. The molecule has 0 saturated heterocycles. The van der Waals surface area contributed by atoms with Crippen LogP contribution in [-0.4, -0.2) is 0 Å². The van der Waals surface area contributed by atoms with Crippen LogP contribution in [0.5, 0.6) is 0 Å². The molecular formula is C45H37N3. The van der Waals surface area contributed by atoms with Gasteiger partial charge in [-0.05, 0) is 77.3 Å². The standard InChI is InChI=1S/C45H37N3/c46-44(40-25-13-11-21-35(40)31-15-3-1-4-16-31)48-45(41-26-14-12-22-36(41)32-17-5-2-6-18-32)47-30-43-38-24-10-8-20-34(38)29-42-37-23-9-7-19-33(37)27-28-39(42)43/h1-29,44-45,47-48H,30,46H2. The van der Waals surface area contributed by atoms with Crippen molar-refractivity contribution in [2.75, 3.05) is 0 Å². The summed E-state index contributed by atoms with van der Waals surface area (Å²) in [5.41, 5.74) is 15.2. The van der Waals surface area contributed by atoms with Crippen molar-refractivity contribution in [1.82, 2.24) is 10.6 Å². The van der Waals surface area contributed by atoms with E-state index < -0.39 is 6.17 Å². The van der Waals surface area contributed by atoms with Gasteiger partial charge in [-0.1, -0.05) is 170 Å². The maximum absolute atomic E-state index is 7.12. The van der Waals surface area contributed by atoms with Gasteiger partial charge in [0.15, 0.2) is 0 Å². The fraction of sp³-hybridized carbons (Fsp3) is 0.0667. The highest BCUT2D eigenvalue weighted by molar-refractivity contribution is 6.14. The van der Waals surface area contributed by atoms with Gasteiger partial charge in [-0.15, -0.1) is 0 Å². The Hall–Kier alpha value is -5.58. The summed E-state index contributed by atoms with van der Waals surface area (Å²) >= 11 is 0. The van der Waals surface area contributed by atoms with Crippen LogP contribution in [0.15, 0.2) is 176 Å². The third kappa shape index (κ3) is 5.76. The molecule has 0 aliphatic heterocycles. The number of nitrogens with two attached hydrogens (primary N) is 1. The molecule has 0 fully saturated rings. The Labute approximate surface area is 281 Å². The molecule has 0 bridgehead atoms. The van der Waals surface area contributed by atoms with Crippen molar-refractivity contribution in [3.8, 4) is 22.3 Å². The summed E-state index contributed by atoms with van der Waals surface area (Å²) in [6, 6.07) is 62.4. The summed E-state index contributed by atoms with van der Waals surface area (Å²) < 4.78 is 0. The molecule has 8 rings (SSSR count). The Kier molecular flexibility index (Phi) is 8.24. The third-order valence-electron chi connectivity index (χ3n) is 9.45. The molecule has 8 aromatic rings. The van der Waals surface area contributed by atoms with Gasteiger partial charge >= 0.3 is 0 Å². The van der Waals surface area contributed by atoms with Crippen molar-refractivity contribution < 1.29 is 0 Å². The number of rotatable bonds is 9. The van der Waals surface area contributed by atoms with E-state index in [2.05, 4.69) is 180 Å². The zero-order valence-electron chi connectivity index (χ0n) is 26.7. The van der Waals surface area contributed by atoms with Crippen molar-refractivity contribution in [1.29, 1.82) is 0 Å². The predicted molar refractivity (Wildman–Crippen MR) is 202 cm³/mol. The average Bonchev–Trinajstić information content (AvgIpc) is 3.16. The number of benzene rings is 8. The Morgan fingerprint density at radius 3 is 1.69 bits per heavy atom. The molecule has 0 saturated carbocycles. The maximum atomic E-state index is 7.12. The molecule has 0 heterocycles. The Morgan fingerprint density at radius 1 is 0.438 bits per heavy atom. The highest BCUT2D eigenvalue weighted by Gasteiger charge is 2.22. The van der Waals surface area contributed by atoms with Crippen LogP contribution in [0, 0.1) is 0 Å². The van der Waals surface area contributed by atoms with Crippen LogP contribution in [0.25, 0.3) is 54.6 Å². The van der Waals surface area contributed by atoms with Gasteiger partial charge in [0.1, 0.15) is 0 Å². The van der Waals surface area contributed by atoms with Crippen molar-refractivity contribution in [3.63, 3.8) is 0 Å². The Morgan fingerprint density at radius 2 is 0.979 bits per heavy atom. The van der Waals surface area contributed by atoms with Crippen LogP contribution < -0.4 is 16.4 Å². The fourth-order valence-electron chi connectivity index (χ4n) is 7.11. The van der Waals surface area contributed by atoms with Crippen molar-refractivity contribution in [2.24, 2.45) is 5.73 Å². The molecule has 0 amide bonds. The minimum Gasteiger partial charge on any atom is -0.312 e. The lowest BCUT2D eigenvalue weighted by Gasteiger charge is -2.28. The normalized spacial score (nSPS) is 12.8. The van der Waals surface area contributed by atoms with E-state index in [0.717, 1.165) is 22.3 Å². The van der Waals surface area contributed by atoms with Gasteiger partial charge in [-0.2, -0.15) is 0 Å². The molecule has 48 heavy (non-hydrogen) atoms. The smallest absolute Gasteiger partial charge is 0.0858 e. The van der Waals surface area contributed by atoms with Gasteiger partial charge in [0, 0.05) is 6.54 Å². The van der Waals surface area contributed by atoms with E-state index in [9.17, 15) is 0 Å². The van der Waals surface area contributed by atoms with E-state index in [1.165, 1.54) is 49.0 Å². The van der Waals surface area contributed by atoms with Crippen molar-refractivity contribution in [3.05, 3.63) is 193 Å². The first-order chi connectivity index (χ1) is 23.7. The molecule has 0 aliphatic carbocycles. The number of hydrogen-bond donors (Lipinski definition) is 3. The van der Waals surface area contributed by atoms with E-state index in [1.54, 1.807) is 0 Å². The van der Waals surface area contributed by atoms with E-state index >= 15 is 0 Å². The Bertz CT molecular complexity index is 2350. The van der Waals surface area contributed by atoms with E-state index in [-0.39, 0.29) is 6.17 Å². The zero-order valence-corrected chi connectivity index (χ0v) is 26.7. The van der Waals surface area contributed by atoms with Crippen LogP contribution in [-0.2, 0) is 6.54 Å². The molecule has 0 aromatic heterocycles. The minimum atomic E-state index is -0.434. The molecule has 2 unspecified atom stereocenters. The van der Waals surface area contributed by atoms with Crippen molar-refractivity contribution in [2.45, 2.75) is 18.9 Å². The van der Waals surface area contributed by atoms with Gasteiger partial charge in [-0.3, -0.25) is 10.6 Å². The molecule has 232 valence electrons.